The lowest BCUT2D eigenvalue weighted by molar-refractivity contribution is -0.134. The van der Waals surface area contributed by atoms with Crippen LogP contribution in [0.25, 0.3) is 0 Å². The maximum Gasteiger partial charge on any atom is 0.233 e. The molecule has 0 bridgehead atoms. The molecule has 0 radical (unpaired) electrons. The first-order valence-corrected chi connectivity index (χ1v) is 12.8. The molecule has 31 heavy (non-hydrogen) atoms. The number of hydrogen-bond donors (Lipinski definition) is 0. The molecular weight excluding hydrogens is 432 g/mol. The monoisotopic (exact) mass is 460 g/mol. The Balaban J connectivity index is 1.23. The molecule has 1 aromatic heterocycles. The van der Waals surface area contributed by atoms with Gasteiger partial charge in [-0.25, -0.2) is 0 Å². The Kier molecular flexibility index (Phi) is 6.41. The highest BCUT2D eigenvalue weighted by Gasteiger charge is 2.36. The number of hydrogen-bond acceptors (Lipinski definition) is 5. The summed E-state index contributed by atoms with van der Waals surface area (Å²) in [6, 6.07) is 8.31. The zero-order valence-electron chi connectivity index (χ0n) is 17.7. The maximum absolute atomic E-state index is 13.1. The van der Waals surface area contributed by atoms with Gasteiger partial charge in [-0.05, 0) is 56.6 Å². The Bertz CT molecular complexity index is 930. The van der Waals surface area contributed by atoms with Crippen LogP contribution >= 0.6 is 23.4 Å². The van der Waals surface area contributed by atoms with Gasteiger partial charge in [-0.15, -0.1) is 10.2 Å². The number of carbonyl (C=O) groups is 1. The second kappa shape index (κ2) is 9.41. The Morgan fingerprint density at radius 1 is 1.10 bits per heavy atom. The molecule has 3 aliphatic rings. The van der Waals surface area contributed by atoms with E-state index in [0.29, 0.717) is 41.1 Å². The number of carbonyl (C=O) groups excluding carboxylic acids is 1. The van der Waals surface area contributed by atoms with Crippen LogP contribution < -0.4 is 4.74 Å². The summed E-state index contributed by atoms with van der Waals surface area (Å²) in [6.45, 7) is 1.23. The lowest BCUT2D eigenvalue weighted by atomic mass is 9.78. The summed E-state index contributed by atoms with van der Waals surface area (Å²) < 4.78 is 8.06. The van der Waals surface area contributed by atoms with E-state index in [9.17, 15) is 4.79 Å². The Morgan fingerprint density at radius 2 is 1.90 bits per heavy atom. The summed E-state index contributed by atoms with van der Waals surface area (Å²) in [4.78, 5) is 15.3. The van der Waals surface area contributed by atoms with E-state index >= 15 is 0 Å². The van der Waals surface area contributed by atoms with Crippen LogP contribution in [0.5, 0.6) is 5.75 Å². The van der Waals surface area contributed by atoms with Crippen LogP contribution in [-0.2, 0) is 11.4 Å². The van der Waals surface area contributed by atoms with Gasteiger partial charge in [0.2, 0.25) is 5.91 Å². The number of para-hydroxylation sites is 1. The van der Waals surface area contributed by atoms with E-state index in [1.807, 2.05) is 24.3 Å². The third-order valence-corrected chi connectivity index (χ3v) is 7.97. The Morgan fingerprint density at radius 3 is 2.74 bits per heavy atom. The molecule has 1 amide bonds. The van der Waals surface area contributed by atoms with Crippen LogP contribution in [-0.4, -0.2) is 43.9 Å². The first kappa shape index (κ1) is 21.1. The highest BCUT2D eigenvalue weighted by molar-refractivity contribution is 7.99. The number of piperidine rings is 1. The molecule has 1 aliphatic heterocycles. The number of thioether (sulfide) groups is 1. The zero-order chi connectivity index (χ0) is 21.2. The molecule has 0 N–H and O–H groups in total. The van der Waals surface area contributed by atoms with Gasteiger partial charge in [0, 0.05) is 18.6 Å². The van der Waals surface area contributed by atoms with E-state index in [2.05, 4.69) is 19.7 Å². The van der Waals surface area contributed by atoms with E-state index in [4.69, 9.17) is 16.3 Å². The number of halogens is 1. The molecule has 1 aromatic carbocycles. The number of amides is 1. The van der Waals surface area contributed by atoms with Gasteiger partial charge in [0.25, 0.3) is 0 Å². The molecule has 2 unspecified atom stereocenters. The van der Waals surface area contributed by atoms with Crippen molar-refractivity contribution in [2.45, 2.75) is 75.2 Å². The lowest BCUT2D eigenvalue weighted by Gasteiger charge is -2.44. The molecule has 3 fully saturated rings. The molecule has 2 saturated carbocycles. The summed E-state index contributed by atoms with van der Waals surface area (Å²) in [5.74, 6) is 2.83. The van der Waals surface area contributed by atoms with Gasteiger partial charge < -0.3 is 9.64 Å². The summed E-state index contributed by atoms with van der Waals surface area (Å²) >= 11 is 7.72. The first-order valence-electron chi connectivity index (χ1n) is 11.4. The van der Waals surface area contributed by atoms with Crippen molar-refractivity contribution in [3.05, 3.63) is 35.1 Å². The van der Waals surface area contributed by atoms with Crippen molar-refractivity contribution in [3.8, 4) is 5.75 Å². The van der Waals surface area contributed by atoms with Gasteiger partial charge in [-0.1, -0.05) is 48.3 Å². The van der Waals surface area contributed by atoms with E-state index in [1.54, 1.807) is 0 Å². The van der Waals surface area contributed by atoms with E-state index in [0.717, 1.165) is 36.8 Å². The Labute approximate surface area is 192 Å². The minimum absolute atomic E-state index is 0.251. The van der Waals surface area contributed by atoms with Gasteiger partial charge in [0.15, 0.2) is 11.0 Å². The van der Waals surface area contributed by atoms with Gasteiger partial charge in [0.05, 0.1) is 10.8 Å². The predicted octanol–water partition coefficient (Wildman–Crippen LogP) is 5.12. The molecule has 0 spiro atoms. The fourth-order valence-corrected chi connectivity index (χ4v) is 6.15. The summed E-state index contributed by atoms with van der Waals surface area (Å²) in [6.07, 6.45) is 9.69. The van der Waals surface area contributed by atoms with Gasteiger partial charge >= 0.3 is 0 Å². The van der Waals surface area contributed by atoms with Crippen molar-refractivity contribution in [1.82, 2.24) is 19.7 Å². The van der Waals surface area contributed by atoms with E-state index in [-0.39, 0.29) is 5.91 Å². The minimum Gasteiger partial charge on any atom is -0.484 e. The SMILES string of the molecule is O=C(CSc1nnc(COc2ccccc2Cl)n1C1CC1)N1CCCC2CCCCC21. The molecule has 1 saturated heterocycles. The topological polar surface area (TPSA) is 60.2 Å². The van der Waals surface area contributed by atoms with Gasteiger partial charge in [-0.3, -0.25) is 9.36 Å². The highest BCUT2D eigenvalue weighted by atomic mass is 35.5. The normalized spacial score (nSPS) is 23.5. The molecule has 2 aromatic rings. The third kappa shape index (κ3) is 4.72. The van der Waals surface area contributed by atoms with Crippen LogP contribution in [0.1, 0.15) is 63.2 Å². The average Bonchev–Trinajstić information content (AvgIpc) is 3.56. The molecule has 2 aliphatic carbocycles. The molecule has 2 atom stereocenters. The summed E-state index contributed by atoms with van der Waals surface area (Å²) in [7, 11) is 0. The van der Waals surface area contributed by atoms with Crippen LogP contribution in [0, 0.1) is 5.92 Å². The summed E-state index contributed by atoms with van der Waals surface area (Å²) in [5.41, 5.74) is 0. The molecule has 166 valence electrons. The zero-order valence-corrected chi connectivity index (χ0v) is 19.3. The quantitative estimate of drug-likeness (QED) is 0.537. The average molecular weight is 461 g/mol. The molecule has 8 heteroatoms. The number of rotatable bonds is 7. The van der Waals surface area contributed by atoms with Crippen LogP contribution in [0.3, 0.4) is 0 Å². The van der Waals surface area contributed by atoms with Gasteiger partial charge in [-0.2, -0.15) is 0 Å². The minimum atomic E-state index is 0.251. The molecule has 6 nitrogen and oxygen atoms in total. The van der Waals surface area contributed by atoms with Crippen LogP contribution in [0.4, 0.5) is 0 Å². The van der Waals surface area contributed by atoms with Crippen LogP contribution in [0.15, 0.2) is 29.4 Å². The number of nitrogens with zero attached hydrogens (tertiary/aromatic N) is 4. The van der Waals surface area contributed by atoms with Gasteiger partial charge in [0.1, 0.15) is 12.4 Å². The predicted molar refractivity (Wildman–Crippen MR) is 121 cm³/mol. The van der Waals surface area contributed by atoms with Crippen molar-refractivity contribution in [2.75, 3.05) is 12.3 Å². The highest BCUT2D eigenvalue weighted by Crippen LogP contribution is 2.40. The standard InChI is InChI=1S/C23H29ClN4O2S/c24-18-8-2-4-10-20(18)30-14-21-25-26-23(28(21)17-11-12-17)31-15-22(29)27-13-5-7-16-6-1-3-9-19(16)27/h2,4,8,10,16-17,19H,1,3,5-7,9,11-15H2. The van der Waals surface area contributed by atoms with Crippen molar-refractivity contribution in [1.29, 1.82) is 0 Å². The number of benzene rings is 1. The van der Waals surface area contributed by atoms with E-state index < -0.39 is 0 Å². The van der Waals surface area contributed by atoms with Crippen molar-refractivity contribution < 1.29 is 9.53 Å². The van der Waals surface area contributed by atoms with Crippen molar-refractivity contribution in [2.24, 2.45) is 5.92 Å². The number of ether oxygens (including phenoxy) is 1. The molecule has 2 heterocycles. The fourth-order valence-electron chi connectivity index (χ4n) is 5.05. The lowest BCUT2D eigenvalue weighted by Crippen LogP contribution is -2.50. The smallest absolute Gasteiger partial charge is 0.233 e. The first-order chi connectivity index (χ1) is 15.2. The number of fused-ring (bicyclic) bond motifs is 1. The number of aromatic nitrogens is 3. The second-order valence-electron chi connectivity index (χ2n) is 8.85. The largest absolute Gasteiger partial charge is 0.484 e. The third-order valence-electron chi connectivity index (χ3n) is 6.73. The summed E-state index contributed by atoms with van der Waals surface area (Å²) in [5, 5.41) is 10.2. The van der Waals surface area contributed by atoms with Crippen LogP contribution in [0.2, 0.25) is 5.02 Å². The number of likely N-dealkylation sites (tertiary alicyclic amines) is 1. The Hall–Kier alpha value is -1.73. The fraction of sp³-hybridized carbons (Fsp3) is 0.609. The molecule has 5 rings (SSSR count). The van der Waals surface area contributed by atoms with Crippen molar-refractivity contribution in [3.63, 3.8) is 0 Å². The second-order valence-corrected chi connectivity index (χ2v) is 10.2. The molecular formula is C23H29ClN4O2S. The van der Waals surface area contributed by atoms with Crippen molar-refractivity contribution >= 4 is 29.3 Å². The maximum atomic E-state index is 13.1. The van der Waals surface area contributed by atoms with E-state index in [1.165, 1.54) is 43.9 Å².